The molecule has 1 aromatic heterocycles. The Hall–Kier alpha value is -2.39. The largest absolute Gasteiger partial charge is 0.494 e. The summed E-state index contributed by atoms with van der Waals surface area (Å²) in [5.41, 5.74) is 2.22. The number of carbonyl (C=O) groups is 1. The lowest BCUT2D eigenvalue weighted by molar-refractivity contribution is -0.158. The number of alkyl halides is 2. The van der Waals surface area contributed by atoms with Crippen molar-refractivity contribution in [3.63, 3.8) is 0 Å². The maximum atomic E-state index is 12.4. The zero-order chi connectivity index (χ0) is 21.3. The number of carbonyl (C=O) groups excluding carboxylic acids is 1. The minimum atomic E-state index is -2.70. The summed E-state index contributed by atoms with van der Waals surface area (Å²) in [4.78, 5) is 16.4. The van der Waals surface area contributed by atoms with E-state index in [-0.39, 0.29) is 6.10 Å². The number of hydrogen-bond acceptors (Lipinski definition) is 5. The first-order valence-electron chi connectivity index (χ1n) is 10.3. The molecule has 166 valence electrons. The molecule has 2 heterocycles. The standard InChI is InChI=1S/C21H29F2N3O4/c1-28-21(27)24-8-2-3-11-29-16-4-5-19-18(12-16)15(13-25-19)6-9-26-10-7-17(14-26)30-20(22)23/h4-5,12-13,17,20,25H,2-3,6-11,14H2,1H3,(H,24,27)/t17-/m0/s1. The number of fused-ring (bicyclic) bond motifs is 1. The molecule has 1 atom stereocenters. The quantitative estimate of drug-likeness (QED) is 0.539. The number of hydrogen-bond donors (Lipinski definition) is 2. The van der Waals surface area contributed by atoms with Crippen LogP contribution in [0.5, 0.6) is 5.75 Å². The number of methoxy groups -OCH3 is 1. The van der Waals surface area contributed by atoms with Gasteiger partial charge in [0.15, 0.2) is 0 Å². The topological polar surface area (TPSA) is 75.8 Å². The highest BCUT2D eigenvalue weighted by Gasteiger charge is 2.25. The predicted octanol–water partition coefficient (Wildman–Crippen LogP) is 3.54. The molecular weight excluding hydrogens is 396 g/mol. The highest BCUT2D eigenvalue weighted by Crippen LogP contribution is 2.25. The third-order valence-electron chi connectivity index (χ3n) is 5.26. The van der Waals surface area contributed by atoms with Gasteiger partial charge in [-0.25, -0.2) is 4.79 Å². The van der Waals surface area contributed by atoms with Crippen LogP contribution in [0.25, 0.3) is 10.9 Å². The summed E-state index contributed by atoms with van der Waals surface area (Å²) < 4.78 is 39.7. The van der Waals surface area contributed by atoms with Crippen LogP contribution in [-0.4, -0.2) is 68.6 Å². The second-order valence-electron chi connectivity index (χ2n) is 7.35. The van der Waals surface area contributed by atoms with Crippen molar-refractivity contribution in [2.24, 2.45) is 0 Å². The molecule has 0 radical (unpaired) electrons. The molecule has 0 bridgehead atoms. The number of aromatic amines is 1. The van der Waals surface area contributed by atoms with Crippen LogP contribution in [0.4, 0.5) is 13.6 Å². The summed E-state index contributed by atoms with van der Waals surface area (Å²) in [6.07, 6.45) is 4.28. The average Bonchev–Trinajstić information content (AvgIpc) is 3.34. The Morgan fingerprint density at radius 3 is 3.03 bits per heavy atom. The van der Waals surface area contributed by atoms with Crippen LogP contribution in [0.15, 0.2) is 24.4 Å². The molecule has 1 fully saturated rings. The molecule has 1 saturated heterocycles. The van der Waals surface area contributed by atoms with Crippen molar-refractivity contribution in [1.29, 1.82) is 0 Å². The molecule has 2 N–H and O–H groups in total. The summed E-state index contributed by atoms with van der Waals surface area (Å²) in [6, 6.07) is 5.96. The first-order chi connectivity index (χ1) is 14.5. The Labute approximate surface area is 174 Å². The van der Waals surface area contributed by atoms with E-state index in [1.807, 2.05) is 24.4 Å². The lowest BCUT2D eigenvalue weighted by Crippen LogP contribution is -2.26. The van der Waals surface area contributed by atoms with Gasteiger partial charge < -0.3 is 29.4 Å². The number of ether oxygens (including phenoxy) is 3. The molecule has 1 aromatic carbocycles. The molecule has 30 heavy (non-hydrogen) atoms. The van der Waals surface area contributed by atoms with Gasteiger partial charge in [-0.05, 0) is 49.4 Å². The molecule has 1 amide bonds. The second kappa shape index (κ2) is 11.1. The van der Waals surface area contributed by atoms with Gasteiger partial charge >= 0.3 is 12.7 Å². The summed E-state index contributed by atoms with van der Waals surface area (Å²) in [7, 11) is 1.34. The minimum Gasteiger partial charge on any atom is -0.494 e. The van der Waals surface area contributed by atoms with Crippen LogP contribution in [0.2, 0.25) is 0 Å². The molecular formula is C21H29F2N3O4. The van der Waals surface area contributed by atoms with Gasteiger partial charge in [-0.1, -0.05) is 0 Å². The van der Waals surface area contributed by atoms with Gasteiger partial charge in [0.05, 0.1) is 19.8 Å². The Morgan fingerprint density at radius 2 is 2.23 bits per heavy atom. The van der Waals surface area contributed by atoms with Crippen molar-refractivity contribution in [2.75, 3.05) is 39.9 Å². The van der Waals surface area contributed by atoms with E-state index < -0.39 is 12.7 Å². The van der Waals surface area contributed by atoms with Gasteiger partial charge in [-0.3, -0.25) is 0 Å². The van der Waals surface area contributed by atoms with E-state index in [1.54, 1.807) is 0 Å². The van der Waals surface area contributed by atoms with Crippen molar-refractivity contribution in [3.05, 3.63) is 30.0 Å². The molecule has 2 aromatic rings. The molecule has 1 aliphatic heterocycles. The van der Waals surface area contributed by atoms with E-state index in [1.165, 1.54) is 12.7 Å². The maximum Gasteiger partial charge on any atom is 0.406 e. The van der Waals surface area contributed by atoms with Crippen molar-refractivity contribution in [1.82, 2.24) is 15.2 Å². The first-order valence-corrected chi connectivity index (χ1v) is 10.3. The van der Waals surface area contributed by atoms with Crippen molar-refractivity contribution < 1.29 is 27.8 Å². The van der Waals surface area contributed by atoms with Crippen LogP contribution >= 0.6 is 0 Å². The number of rotatable bonds is 11. The van der Waals surface area contributed by atoms with Crippen molar-refractivity contribution in [3.8, 4) is 5.75 Å². The molecule has 0 aliphatic carbocycles. The normalized spacial score (nSPS) is 17.0. The summed E-state index contributed by atoms with van der Waals surface area (Å²) in [5, 5.41) is 3.75. The van der Waals surface area contributed by atoms with E-state index in [0.29, 0.717) is 26.1 Å². The number of likely N-dealkylation sites (tertiary alicyclic amines) is 1. The number of nitrogens with one attached hydrogen (secondary N) is 2. The number of alkyl carbamates (subject to hydrolysis) is 1. The molecule has 3 rings (SSSR count). The molecule has 0 unspecified atom stereocenters. The Bertz CT molecular complexity index is 815. The van der Waals surface area contributed by atoms with Gasteiger partial charge in [0.2, 0.25) is 0 Å². The van der Waals surface area contributed by atoms with E-state index in [4.69, 9.17) is 4.74 Å². The SMILES string of the molecule is COC(=O)NCCCCOc1ccc2[nH]cc(CCN3CC[C@H](OC(F)F)C3)c2c1. The third kappa shape index (κ3) is 6.56. The molecule has 0 spiro atoms. The lowest BCUT2D eigenvalue weighted by Gasteiger charge is -2.15. The predicted molar refractivity (Wildman–Crippen MR) is 109 cm³/mol. The zero-order valence-electron chi connectivity index (χ0n) is 17.2. The molecule has 9 heteroatoms. The summed E-state index contributed by atoms with van der Waals surface area (Å²) in [5.74, 6) is 0.802. The molecule has 1 aliphatic rings. The average molecular weight is 425 g/mol. The number of benzene rings is 1. The fraction of sp³-hybridized carbons (Fsp3) is 0.571. The number of halogens is 2. The Balaban J connectivity index is 1.45. The van der Waals surface area contributed by atoms with Gasteiger partial charge in [0.25, 0.3) is 0 Å². The Kier molecular flexibility index (Phi) is 8.27. The number of aromatic nitrogens is 1. The van der Waals surface area contributed by atoms with Gasteiger partial charge in [0.1, 0.15) is 5.75 Å². The van der Waals surface area contributed by atoms with Crippen LogP contribution in [0, 0.1) is 0 Å². The molecule has 0 saturated carbocycles. The van der Waals surface area contributed by atoms with Gasteiger partial charge in [0, 0.05) is 43.3 Å². The van der Waals surface area contributed by atoms with Crippen LogP contribution in [0.3, 0.4) is 0 Å². The van der Waals surface area contributed by atoms with Crippen LogP contribution in [-0.2, 0) is 15.9 Å². The minimum absolute atomic E-state index is 0.379. The van der Waals surface area contributed by atoms with Crippen molar-refractivity contribution in [2.45, 2.75) is 38.4 Å². The van der Waals surface area contributed by atoms with E-state index in [9.17, 15) is 13.6 Å². The number of nitrogens with zero attached hydrogens (tertiary/aromatic N) is 1. The van der Waals surface area contributed by atoms with E-state index >= 15 is 0 Å². The van der Waals surface area contributed by atoms with E-state index in [0.717, 1.165) is 49.0 Å². The first kappa shape index (κ1) is 22.3. The molecule has 7 nitrogen and oxygen atoms in total. The maximum absolute atomic E-state index is 12.4. The number of amides is 1. The lowest BCUT2D eigenvalue weighted by atomic mass is 10.1. The van der Waals surface area contributed by atoms with Gasteiger partial charge in [-0.15, -0.1) is 0 Å². The summed E-state index contributed by atoms with van der Waals surface area (Å²) >= 11 is 0. The van der Waals surface area contributed by atoms with Crippen molar-refractivity contribution >= 4 is 17.0 Å². The second-order valence-corrected chi connectivity index (χ2v) is 7.35. The fourth-order valence-corrected chi connectivity index (χ4v) is 3.67. The Morgan fingerprint density at radius 1 is 1.37 bits per heavy atom. The third-order valence-corrected chi connectivity index (χ3v) is 5.26. The number of unbranched alkanes of at least 4 members (excludes halogenated alkanes) is 1. The van der Waals surface area contributed by atoms with Crippen LogP contribution < -0.4 is 10.1 Å². The monoisotopic (exact) mass is 425 g/mol. The van der Waals surface area contributed by atoms with E-state index in [2.05, 4.69) is 24.7 Å². The van der Waals surface area contributed by atoms with Gasteiger partial charge in [-0.2, -0.15) is 8.78 Å². The zero-order valence-corrected chi connectivity index (χ0v) is 17.2. The highest BCUT2D eigenvalue weighted by atomic mass is 19.3. The number of H-pyrrole nitrogens is 1. The summed E-state index contributed by atoms with van der Waals surface area (Å²) in [6.45, 7) is 0.537. The fourth-order valence-electron chi connectivity index (χ4n) is 3.67. The highest BCUT2D eigenvalue weighted by molar-refractivity contribution is 5.84. The van der Waals surface area contributed by atoms with Crippen LogP contribution in [0.1, 0.15) is 24.8 Å². The smallest absolute Gasteiger partial charge is 0.406 e.